The second kappa shape index (κ2) is 19.4. The van der Waals surface area contributed by atoms with E-state index >= 15 is 0 Å². The van der Waals surface area contributed by atoms with Crippen molar-refractivity contribution in [1.82, 2.24) is 0 Å². The number of benzene rings is 4. The Morgan fingerprint density at radius 3 is 0.976 bits per heavy atom. The summed E-state index contributed by atoms with van der Waals surface area (Å²) in [4.78, 5) is 23.9. The molecule has 0 unspecified atom stereocenters. The van der Waals surface area contributed by atoms with Gasteiger partial charge in [-0.2, -0.15) is 0 Å². The summed E-state index contributed by atoms with van der Waals surface area (Å²) in [5.74, 6) is 1.04. The van der Waals surface area contributed by atoms with E-state index < -0.39 is 0 Å². The Morgan fingerprint density at radius 2 is 0.667 bits per heavy atom. The molecule has 0 heterocycles. The van der Waals surface area contributed by atoms with Crippen molar-refractivity contribution >= 4 is 11.6 Å². The molecule has 0 amide bonds. The maximum Gasteiger partial charge on any atom is 0.164 e. The van der Waals surface area contributed by atoms with Crippen LogP contribution in [0.5, 0.6) is 0 Å². The summed E-state index contributed by atoms with van der Waals surface area (Å²) in [6, 6.07) is 32.6. The molecule has 0 saturated heterocycles. The quantitative estimate of drug-likeness (QED) is 0.243. The average molecular weight is 565 g/mol. The third-order valence-electron chi connectivity index (χ3n) is 7.18. The minimum absolute atomic E-state index is 0.250. The molecule has 0 aliphatic heterocycles. The Balaban J connectivity index is 0.000000340. The van der Waals surface area contributed by atoms with Gasteiger partial charge in [0.1, 0.15) is 0 Å². The minimum Gasteiger partial charge on any atom is -0.294 e. The standard InChI is InChI=1S/2C16H14O.4C2H6/c2*1-11-6-2-3-7-12(11)15-10-16(17)14-9-5-4-8-13(14)15;4*1-2/h2*2-9,15H,10H2,1H3;4*1-2H3/t2*15-;;;;/m10..../s1. The molecular weight excluding hydrogens is 512 g/mol. The second-order valence-electron chi connectivity index (χ2n) is 9.25. The highest BCUT2D eigenvalue weighted by Gasteiger charge is 2.31. The SMILES string of the molecule is CC.CC.CC.CC.Cc1ccccc1[C@@H]1CC(=O)c2ccccc21.Cc1ccccc1[C@H]1CC(=O)c2ccccc21. The molecule has 2 atom stereocenters. The van der Waals surface area contributed by atoms with E-state index in [1.165, 1.54) is 33.4 Å². The van der Waals surface area contributed by atoms with E-state index in [2.05, 4.69) is 50.2 Å². The van der Waals surface area contributed by atoms with Gasteiger partial charge in [0.05, 0.1) is 0 Å². The second-order valence-corrected chi connectivity index (χ2v) is 9.25. The van der Waals surface area contributed by atoms with E-state index in [9.17, 15) is 9.59 Å². The first-order valence-electron chi connectivity index (χ1n) is 15.9. The first-order valence-corrected chi connectivity index (χ1v) is 15.9. The Kier molecular flexibility index (Phi) is 16.7. The largest absolute Gasteiger partial charge is 0.294 e. The van der Waals surface area contributed by atoms with Crippen LogP contribution in [0.3, 0.4) is 0 Å². The third kappa shape index (κ3) is 8.61. The van der Waals surface area contributed by atoms with E-state index in [1.807, 2.05) is 116 Å². The minimum atomic E-state index is 0.250. The van der Waals surface area contributed by atoms with Crippen LogP contribution in [0.2, 0.25) is 0 Å². The molecule has 0 fully saturated rings. The Labute approximate surface area is 256 Å². The summed E-state index contributed by atoms with van der Waals surface area (Å²) >= 11 is 0. The maximum absolute atomic E-state index is 12.0. The van der Waals surface area contributed by atoms with Crippen LogP contribution in [0.25, 0.3) is 0 Å². The van der Waals surface area contributed by atoms with E-state index in [-0.39, 0.29) is 23.4 Å². The van der Waals surface area contributed by atoms with Gasteiger partial charge in [0.2, 0.25) is 0 Å². The van der Waals surface area contributed by atoms with Gasteiger partial charge in [-0.15, -0.1) is 0 Å². The molecule has 0 saturated carbocycles. The van der Waals surface area contributed by atoms with Gasteiger partial charge in [-0.3, -0.25) is 9.59 Å². The van der Waals surface area contributed by atoms with Crippen molar-refractivity contribution in [3.8, 4) is 0 Å². The smallest absolute Gasteiger partial charge is 0.164 e. The molecule has 0 N–H and O–H groups in total. The van der Waals surface area contributed by atoms with Gasteiger partial charge >= 0.3 is 0 Å². The molecule has 42 heavy (non-hydrogen) atoms. The zero-order chi connectivity index (χ0) is 31.7. The van der Waals surface area contributed by atoms with Crippen molar-refractivity contribution in [1.29, 1.82) is 0 Å². The lowest BCUT2D eigenvalue weighted by molar-refractivity contribution is 0.0983. The molecule has 6 rings (SSSR count). The molecule has 2 aliphatic rings. The molecule has 4 aromatic rings. The van der Waals surface area contributed by atoms with Gasteiger partial charge in [-0.05, 0) is 47.2 Å². The molecule has 0 bridgehead atoms. The van der Waals surface area contributed by atoms with Crippen molar-refractivity contribution in [3.63, 3.8) is 0 Å². The topological polar surface area (TPSA) is 34.1 Å². The lowest BCUT2D eigenvalue weighted by atomic mass is 9.90. The van der Waals surface area contributed by atoms with Gasteiger partial charge in [-0.25, -0.2) is 0 Å². The maximum atomic E-state index is 12.0. The predicted octanol–water partition coefficient (Wildman–Crippen LogP) is 11.5. The zero-order valence-electron chi connectivity index (χ0n) is 27.6. The van der Waals surface area contributed by atoms with Gasteiger partial charge in [0.25, 0.3) is 0 Å². The summed E-state index contributed by atoms with van der Waals surface area (Å²) in [5.41, 5.74) is 9.28. The summed E-state index contributed by atoms with van der Waals surface area (Å²) in [7, 11) is 0. The zero-order valence-corrected chi connectivity index (χ0v) is 27.6. The van der Waals surface area contributed by atoms with E-state index in [4.69, 9.17) is 0 Å². The van der Waals surface area contributed by atoms with Crippen LogP contribution in [-0.2, 0) is 0 Å². The monoisotopic (exact) mass is 564 g/mol. The molecule has 2 nitrogen and oxygen atoms in total. The van der Waals surface area contributed by atoms with Crippen molar-refractivity contribution in [2.75, 3.05) is 0 Å². The normalized spacial score (nSPS) is 15.3. The van der Waals surface area contributed by atoms with Crippen LogP contribution in [0.15, 0.2) is 97.1 Å². The van der Waals surface area contributed by atoms with Crippen molar-refractivity contribution < 1.29 is 9.59 Å². The molecular formula is C40H52O2. The number of hydrogen-bond donors (Lipinski definition) is 0. The fraction of sp³-hybridized carbons (Fsp3) is 0.350. The number of aryl methyl sites for hydroxylation is 2. The highest BCUT2D eigenvalue weighted by atomic mass is 16.1. The third-order valence-corrected chi connectivity index (χ3v) is 7.18. The summed E-state index contributed by atoms with van der Waals surface area (Å²) in [6.45, 7) is 20.2. The first-order chi connectivity index (χ1) is 20.5. The fourth-order valence-corrected chi connectivity index (χ4v) is 5.43. The van der Waals surface area contributed by atoms with E-state index in [1.54, 1.807) is 0 Å². The van der Waals surface area contributed by atoms with Crippen molar-refractivity contribution in [2.24, 2.45) is 0 Å². The molecule has 4 aromatic carbocycles. The fourth-order valence-electron chi connectivity index (χ4n) is 5.43. The molecule has 2 heteroatoms. The number of carbonyl (C=O) groups is 2. The van der Waals surface area contributed by atoms with Gasteiger partial charge < -0.3 is 0 Å². The number of Topliss-reactive ketones (excluding diaryl/α,β-unsaturated/α-hetero) is 2. The van der Waals surface area contributed by atoms with Crippen LogP contribution < -0.4 is 0 Å². The molecule has 0 radical (unpaired) electrons. The van der Waals surface area contributed by atoms with Gasteiger partial charge in [-0.1, -0.05) is 152 Å². The highest BCUT2D eigenvalue weighted by molar-refractivity contribution is 6.02. The molecule has 2 aliphatic carbocycles. The number of rotatable bonds is 2. The van der Waals surface area contributed by atoms with Crippen LogP contribution in [-0.4, -0.2) is 11.6 Å². The van der Waals surface area contributed by atoms with Crippen LogP contribution >= 0.6 is 0 Å². The van der Waals surface area contributed by atoms with Crippen molar-refractivity contribution in [3.05, 3.63) is 142 Å². The Hall–Kier alpha value is -3.78. The predicted molar refractivity (Wildman–Crippen MR) is 182 cm³/mol. The molecule has 0 spiro atoms. The lowest BCUT2D eigenvalue weighted by Crippen LogP contribution is -1.99. The van der Waals surface area contributed by atoms with Crippen molar-refractivity contribution in [2.45, 2.75) is 93.9 Å². The molecule has 224 valence electrons. The van der Waals surface area contributed by atoms with Gasteiger partial charge in [0, 0.05) is 35.8 Å². The first kappa shape index (κ1) is 36.2. The number of fused-ring (bicyclic) bond motifs is 2. The average Bonchev–Trinajstić information content (AvgIpc) is 3.58. The van der Waals surface area contributed by atoms with E-state index in [0.717, 1.165) is 11.1 Å². The van der Waals surface area contributed by atoms with Gasteiger partial charge in [0.15, 0.2) is 11.6 Å². The highest BCUT2D eigenvalue weighted by Crippen LogP contribution is 2.40. The number of ketones is 2. The number of carbonyl (C=O) groups excluding carboxylic acids is 2. The summed E-state index contributed by atoms with van der Waals surface area (Å²) < 4.78 is 0. The Bertz CT molecular complexity index is 1270. The summed E-state index contributed by atoms with van der Waals surface area (Å²) in [6.07, 6.45) is 1.23. The summed E-state index contributed by atoms with van der Waals surface area (Å²) in [5, 5.41) is 0. The Morgan fingerprint density at radius 1 is 0.405 bits per heavy atom. The van der Waals surface area contributed by atoms with Crippen LogP contribution in [0.1, 0.15) is 134 Å². The molecule has 0 aromatic heterocycles. The lowest BCUT2D eigenvalue weighted by Gasteiger charge is -2.13. The van der Waals surface area contributed by atoms with Crippen LogP contribution in [0, 0.1) is 13.8 Å². The number of hydrogen-bond acceptors (Lipinski definition) is 2. The van der Waals surface area contributed by atoms with Crippen LogP contribution in [0.4, 0.5) is 0 Å². The van der Waals surface area contributed by atoms with E-state index in [0.29, 0.717) is 12.8 Å².